The minimum Gasteiger partial charge on any atom is -0.489 e. The molecule has 0 heterocycles. The molecule has 1 unspecified atom stereocenters. The Morgan fingerprint density at radius 3 is 1.79 bits per heavy atom. The van der Waals surface area contributed by atoms with E-state index in [-0.39, 0.29) is 6.10 Å². The summed E-state index contributed by atoms with van der Waals surface area (Å²) in [5.74, 6) is 0.401. The van der Waals surface area contributed by atoms with E-state index < -0.39 is 20.0 Å². The molecule has 0 aromatic heterocycles. The van der Waals surface area contributed by atoms with Gasteiger partial charge in [-0.3, -0.25) is 0 Å². The number of benzene rings is 4. The van der Waals surface area contributed by atoms with Crippen LogP contribution < -0.4 is 9.47 Å². The molecule has 4 aromatic rings. The first kappa shape index (κ1) is 32.4. The van der Waals surface area contributed by atoms with Crippen molar-refractivity contribution in [1.29, 1.82) is 0 Å². The topological polar surface area (TPSA) is 27.7 Å². The van der Waals surface area contributed by atoms with E-state index in [0.717, 1.165) is 64.4 Å². The molecular formula is C37H44F2O3Si. The molecule has 0 fully saturated rings. The van der Waals surface area contributed by atoms with Crippen molar-refractivity contribution in [1.82, 2.24) is 0 Å². The Labute approximate surface area is 257 Å². The molecular weight excluding hydrogens is 558 g/mol. The van der Waals surface area contributed by atoms with Crippen molar-refractivity contribution in [2.24, 2.45) is 0 Å². The predicted molar refractivity (Wildman–Crippen MR) is 173 cm³/mol. The highest BCUT2D eigenvalue weighted by Gasteiger charge is 2.34. The van der Waals surface area contributed by atoms with Gasteiger partial charge in [0, 0.05) is 17.7 Å². The van der Waals surface area contributed by atoms with Gasteiger partial charge in [0.05, 0.1) is 6.10 Å². The van der Waals surface area contributed by atoms with Crippen LogP contribution in [0.25, 0.3) is 0 Å². The maximum atomic E-state index is 13.9. The second-order valence-corrected chi connectivity index (χ2v) is 15.9. The summed E-state index contributed by atoms with van der Waals surface area (Å²) in [6, 6.07) is 31.1. The van der Waals surface area contributed by atoms with E-state index in [2.05, 4.69) is 45.9 Å². The average Bonchev–Trinajstić information content (AvgIpc) is 3.01. The van der Waals surface area contributed by atoms with Gasteiger partial charge in [-0.15, -0.1) is 0 Å². The van der Waals surface area contributed by atoms with Crippen LogP contribution >= 0.6 is 0 Å². The third kappa shape index (κ3) is 9.25. The fourth-order valence-corrected chi connectivity index (χ4v) is 8.48. The molecule has 0 aliphatic rings. The lowest BCUT2D eigenvalue weighted by Crippen LogP contribution is -2.37. The number of halogens is 2. The van der Waals surface area contributed by atoms with Crippen LogP contribution in [-0.2, 0) is 24.1 Å². The molecule has 3 nitrogen and oxygen atoms in total. The Bertz CT molecular complexity index is 1400. The summed E-state index contributed by atoms with van der Waals surface area (Å²) in [5, 5.41) is 0. The van der Waals surface area contributed by atoms with Gasteiger partial charge in [-0.1, -0.05) is 81.4 Å². The van der Waals surface area contributed by atoms with Crippen LogP contribution in [0.2, 0.25) is 18.1 Å². The van der Waals surface area contributed by atoms with Crippen molar-refractivity contribution in [3.8, 4) is 11.5 Å². The SMILES string of the molecule is CC[Si](CC)(CC)OC(CCCc1cc(F)cc(F)c1)c1c(C)cc(OCc2ccccc2)cc1OCc1ccccc1. The minimum absolute atomic E-state index is 0.209. The number of hydrogen-bond acceptors (Lipinski definition) is 3. The second-order valence-electron chi connectivity index (χ2n) is 11.2. The van der Waals surface area contributed by atoms with Gasteiger partial charge in [0.15, 0.2) is 8.32 Å². The highest BCUT2D eigenvalue weighted by atomic mass is 28.4. The number of hydrogen-bond donors (Lipinski definition) is 0. The summed E-state index contributed by atoms with van der Waals surface area (Å²) in [4.78, 5) is 0. The molecule has 0 saturated heterocycles. The molecule has 1 atom stereocenters. The van der Waals surface area contributed by atoms with E-state index in [9.17, 15) is 8.78 Å². The Morgan fingerprint density at radius 2 is 1.23 bits per heavy atom. The van der Waals surface area contributed by atoms with Crippen LogP contribution in [0.1, 0.15) is 67.5 Å². The van der Waals surface area contributed by atoms with E-state index >= 15 is 0 Å². The molecule has 4 rings (SSSR count). The van der Waals surface area contributed by atoms with Gasteiger partial charge in [0.25, 0.3) is 0 Å². The van der Waals surface area contributed by atoms with Crippen molar-refractivity contribution >= 4 is 8.32 Å². The maximum absolute atomic E-state index is 13.9. The summed E-state index contributed by atoms with van der Waals surface area (Å²) in [6.45, 7) is 9.65. The molecule has 228 valence electrons. The maximum Gasteiger partial charge on any atom is 0.192 e. The zero-order valence-corrected chi connectivity index (χ0v) is 26.9. The molecule has 0 aliphatic carbocycles. The standard InChI is InChI=1S/C37H44F2O3Si/c1-5-43(6-2,7-3)42-35(20-14-19-31-22-32(38)24-33(39)23-31)37-28(4)21-34(40-26-29-15-10-8-11-16-29)25-36(37)41-27-30-17-12-9-13-18-30/h8-13,15-18,21-25,35H,5-7,14,19-20,26-27H2,1-4H3. The summed E-state index contributed by atoms with van der Waals surface area (Å²) in [7, 11) is -2.02. The van der Waals surface area contributed by atoms with Gasteiger partial charge in [-0.2, -0.15) is 0 Å². The first-order chi connectivity index (χ1) is 20.8. The third-order valence-electron chi connectivity index (χ3n) is 8.31. The van der Waals surface area contributed by atoms with E-state index in [4.69, 9.17) is 13.9 Å². The average molecular weight is 603 g/mol. The molecule has 6 heteroatoms. The van der Waals surface area contributed by atoms with Crippen molar-refractivity contribution in [2.45, 2.75) is 84.4 Å². The van der Waals surface area contributed by atoms with Crippen molar-refractivity contribution in [3.63, 3.8) is 0 Å². The summed E-state index contributed by atoms with van der Waals surface area (Å²) in [5.41, 5.74) is 4.90. The van der Waals surface area contributed by atoms with Gasteiger partial charge in [0.1, 0.15) is 36.3 Å². The lowest BCUT2D eigenvalue weighted by Gasteiger charge is -2.35. The fraction of sp³-hybridized carbons (Fsp3) is 0.351. The molecule has 0 radical (unpaired) electrons. The van der Waals surface area contributed by atoms with Crippen molar-refractivity contribution in [3.05, 3.63) is 130 Å². The normalized spacial score (nSPS) is 12.2. The van der Waals surface area contributed by atoms with Gasteiger partial charge in [-0.05, 0) is 84.8 Å². The first-order valence-electron chi connectivity index (χ1n) is 15.5. The van der Waals surface area contributed by atoms with Crippen LogP contribution in [0.5, 0.6) is 11.5 Å². The van der Waals surface area contributed by atoms with E-state index in [1.165, 1.54) is 12.1 Å². The fourth-order valence-electron chi connectivity index (χ4n) is 5.64. The molecule has 0 aliphatic heterocycles. The van der Waals surface area contributed by atoms with Crippen LogP contribution in [0.3, 0.4) is 0 Å². The highest BCUT2D eigenvalue weighted by molar-refractivity contribution is 6.73. The summed E-state index contributed by atoms with van der Waals surface area (Å²) >= 11 is 0. The summed E-state index contributed by atoms with van der Waals surface area (Å²) < 4.78 is 47.7. The molecule has 4 aromatic carbocycles. The first-order valence-corrected chi connectivity index (χ1v) is 18.0. The molecule has 43 heavy (non-hydrogen) atoms. The van der Waals surface area contributed by atoms with Gasteiger partial charge in [-0.25, -0.2) is 8.78 Å². The highest BCUT2D eigenvalue weighted by Crippen LogP contribution is 2.41. The molecule has 0 spiro atoms. The zero-order chi connectivity index (χ0) is 30.7. The number of rotatable bonds is 16. The van der Waals surface area contributed by atoms with E-state index in [1.807, 2.05) is 54.6 Å². The van der Waals surface area contributed by atoms with Gasteiger partial charge < -0.3 is 13.9 Å². The van der Waals surface area contributed by atoms with Crippen LogP contribution in [0, 0.1) is 18.6 Å². The monoisotopic (exact) mass is 602 g/mol. The van der Waals surface area contributed by atoms with Gasteiger partial charge >= 0.3 is 0 Å². The molecule has 0 bridgehead atoms. The Morgan fingerprint density at radius 1 is 0.674 bits per heavy atom. The molecule has 0 N–H and O–H groups in total. The second kappa shape index (κ2) is 15.8. The Balaban J connectivity index is 1.67. The Kier molecular flexibility index (Phi) is 11.9. The largest absolute Gasteiger partial charge is 0.489 e. The number of ether oxygens (including phenoxy) is 2. The van der Waals surface area contributed by atoms with Crippen LogP contribution in [0.4, 0.5) is 8.78 Å². The van der Waals surface area contributed by atoms with Crippen LogP contribution in [-0.4, -0.2) is 8.32 Å². The smallest absolute Gasteiger partial charge is 0.192 e. The van der Waals surface area contributed by atoms with Crippen LogP contribution in [0.15, 0.2) is 91.0 Å². The zero-order valence-electron chi connectivity index (χ0n) is 25.9. The lowest BCUT2D eigenvalue weighted by molar-refractivity contribution is 0.168. The van der Waals surface area contributed by atoms with E-state index in [1.54, 1.807) is 0 Å². The lowest BCUT2D eigenvalue weighted by atomic mass is 9.96. The molecule has 0 saturated carbocycles. The van der Waals surface area contributed by atoms with Gasteiger partial charge in [0.2, 0.25) is 0 Å². The van der Waals surface area contributed by atoms with E-state index in [0.29, 0.717) is 31.6 Å². The number of aryl methyl sites for hydroxylation is 2. The summed E-state index contributed by atoms with van der Waals surface area (Å²) in [6.07, 6.45) is 1.78. The third-order valence-corrected chi connectivity index (χ3v) is 13.0. The van der Waals surface area contributed by atoms with Crippen molar-refractivity contribution in [2.75, 3.05) is 0 Å². The van der Waals surface area contributed by atoms with Crippen molar-refractivity contribution < 1.29 is 22.7 Å². The minimum atomic E-state index is -2.02. The predicted octanol–water partition coefficient (Wildman–Crippen LogP) is 10.5. The Hall–Kier alpha value is -3.48. The quantitative estimate of drug-likeness (QED) is 0.119. The molecule has 0 amide bonds.